The monoisotopic (exact) mass is 385 g/mol. The Bertz CT molecular complexity index is 1260. The third-order valence-electron chi connectivity index (χ3n) is 4.78. The highest BCUT2D eigenvalue weighted by molar-refractivity contribution is 5.86. The molecule has 144 valence electrons. The van der Waals surface area contributed by atoms with Crippen LogP contribution in [0.5, 0.6) is 0 Å². The molecule has 0 saturated carbocycles. The zero-order valence-corrected chi connectivity index (χ0v) is 15.8. The lowest BCUT2D eigenvalue weighted by Crippen LogP contribution is -2.40. The van der Waals surface area contributed by atoms with Gasteiger partial charge in [-0.1, -0.05) is 48.5 Å². The van der Waals surface area contributed by atoms with Crippen LogP contribution in [0, 0.1) is 0 Å². The molecular weight excluding hydrogens is 366 g/mol. The van der Waals surface area contributed by atoms with E-state index in [1.165, 1.54) is 18.3 Å². The van der Waals surface area contributed by atoms with Gasteiger partial charge in [-0.15, -0.1) is 0 Å². The van der Waals surface area contributed by atoms with E-state index in [0.717, 1.165) is 5.56 Å². The zero-order chi connectivity index (χ0) is 20.4. The fourth-order valence-electron chi connectivity index (χ4n) is 3.30. The number of nitrogens with zero attached hydrogens (tertiary/aromatic N) is 1. The first kappa shape index (κ1) is 18.4. The molecule has 4 rings (SSSR count). The van der Waals surface area contributed by atoms with Gasteiger partial charge >= 0.3 is 0 Å². The summed E-state index contributed by atoms with van der Waals surface area (Å²) in [6.07, 6.45) is 1.51. The first-order valence-electron chi connectivity index (χ1n) is 9.25. The summed E-state index contributed by atoms with van der Waals surface area (Å²) in [6, 6.07) is 21.4. The molecule has 3 aromatic carbocycles. The third kappa shape index (κ3) is 3.48. The number of hydrogen-bond acceptors (Lipinski definition) is 5. The number of aromatic nitrogens is 1. The van der Waals surface area contributed by atoms with Crippen LogP contribution in [-0.4, -0.2) is 4.98 Å². The number of benzene rings is 2. The molecule has 1 heterocycles. The van der Waals surface area contributed by atoms with Gasteiger partial charge in [0, 0.05) is 30.1 Å². The highest BCUT2D eigenvalue weighted by atomic mass is 16.2. The number of nitrogens with one attached hydrogen (secondary N) is 2. The van der Waals surface area contributed by atoms with E-state index in [0.29, 0.717) is 11.5 Å². The Morgan fingerprint density at radius 1 is 0.862 bits per heavy atom. The van der Waals surface area contributed by atoms with E-state index >= 15 is 0 Å². The van der Waals surface area contributed by atoms with Gasteiger partial charge in [-0.2, -0.15) is 0 Å². The molecule has 4 aromatic rings. The maximum atomic E-state index is 12.6. The van der Waals surface area contributed by atoms with Crippen molar-refractivity contribution in [2.75, 3.05) is 10.2 Å². The Balaban J connectivity index is 1.81. The smallest absolute Gasteiger partial charge is 0.254 e. The lowest BCUT2D eigenvalue weighted by atomic mass is 10.1. The molecule has 0 aliphatic heterocycles. The van der Waals surface area contributed by atoms with Crippen molar-refractivity contribution in [1.29, 1.82) is 0 Å². The van der Waals surface area contributed by atoms with Crippen molar-refractivity contribution in [2.45, 2.75) is 13.0 Å². The van der Waals surface area contributed by atoms with Crippen molar-refractivity contribution < 1.29 is 0 Å². The summed E-state index contributed by atoms with van der Waals surface area (Å²) in [7, 11) is 0. The number of para-hydroxylation sites is 1. The maximum absolute atomic E-state index is 12.6. The standard InChI is InChI=1S/C23H19N3O3/c1-15(16-8-4-2-5-9-16)25-20-21(23(29)22(20)28)26(17-10-6-3-7-11-17)19-14-18(27)12-13-24-19/h2-15,25H,1H3,(H,24,27). The summed E-state index contributed by atoms with van der Waals surface area (Å²) in [5.41, 5.74) is 0.738. The molecule has 6 heteroatoms. The van der Waals surface area contributed by atoms with E-state index in [1.807, 2.05) is 67.6 Å². The van der Waals surface area contributed by atoms with E-state index < -0.39 is 10.9 Å². The summed E-state index contributed by atoms with van der Waals surface area (Å²) < 4.78 is 0. The summed E-state index contributed by atoms with van der Waals surface area (Å²) >= 11 is 0. The molecular formula is C23H19N3O3. The lowest BCUT2D eigenvalue weighted by Gasteiger charge is -2.28. The molecule has 0 amide bonds. The highest BCUT2D eigenvalue weighted by Crippen LogP contribution is 2.35. The van der Waals surface area contributed by atoms with E-state index in [2.05, 4.69) is 10.3 Å². The van der Waals surface area contributed by atoms with Gasteiger partial charge in [-0.25, -0.2) is 0 Å². The van der Waals surface area contributed by atoms with Crippen molar-refractivity contribution in [3.63, 3.8) is 0 Å². The summed E-state index contributed by atoms with van der Waals surface area (Å²) in [5.74, 6) is 0.409. The molecule has 1 aromatic heterocycles. The largest absolute Gasteiger partial charge is 0.373 e. The Morgan fingerprint density at radius 2 is 1.52 bits per heavy atom. The van der Waals surface area contributed by atoms with Crippen LogP contribution in [0.2, 0.25) is 0 Å². The number of anilines is 4. The van der Waals surface area contributed by atoms with Crippen LogP contribution >= 0.6 is 0 Å². The molecule has 0 saturated heterocycles. The number of aromatic amines is 1. The van der Waals surface area contributed by atoms with Crippen molar-refractivity contribution in [2.24, 2.45) is 0 Å². The van der Waals surface area contributed by atoms with E-state index in [4.69, 9.17) is 0 Å². The second-order valence-electron chi connectivity index (χ2n) is 6.74. The molecule has 0 spiro atoms. The first-order valence-corrected chi connectivity index (χ1v) is 9.25. The van der Waals surface area contributed by atoms with E-state index in [-0.39, 0.29) is 22.8 Å². The number of rotatable bonds is 6. The molecule has 1 unspecified atom stereocenters. The first-order chi connectivity index (χ1) is 14.1. The van der Waals surface area contributed by atoms with Gasteiger partial charge < -0.3 is 10.3 Å². The van der Waals surface area contributed by atoms with Crippen LogP contribution in [0.3, 0.4) is 0 Å². The Morgan fingerprint density at radius 3 is 2.17 bits per heavy atom. The fraction of sp³-hybridized carbons (Fsp3) is 0.0870. The molecule has 2 N–H and O–H groups in total. The minimum atomic E-state index is -0.596. The van der Waals surface area contributed by atoms with Gasteiger partial charge in [0.1, 0.15) is 17.2 Å². The Hall–Kier alpha value is -3.93. The van der Waals surface area contributed by atoms with Gasteiger partial charge in [0.15, 0.2) is 5.43 Å². The van der Waals surface area contributed by atoms with Crippen LogP contribution in [0.25, 0.3) is 0 Å². The molecule has 1 atom stereocenters. The molecule has 29 heavy (non-hydrogen) atoms. The van der Waals surface area contributed by atoms with E-state index in [1.54, 1.807) is 4.90 Å². The normalized spacial score (nSPS) is 11.9. The van der Waals surface area contributed by atoms with Crippen molar-refractivity contribution in [1.82, 2.24) is 4.98 Å². The van der Waals surface area contributed by atoms with Gasteiger partial charge in [0.25, 0.3) is 10.9 Å². The second-order valence-corrected chi connectivity index (χ2v) is 6.74. The van der Waals surface area contributed by atoms with Gasteiger partial charge in [0.2, 0.25) is 0 Å². The van der Waals surface area contributed by atoms with Crippen LogP contribution in [0.1, 0.15) is 18.5 Å². The highest BCUT2D eigenvalue weighted by Gasteiger charge is 2.29. The molecule has 0 radical (unpaired) electrons. The SMILES string of the molecule is CC(Nc1c(N(c2ccccc2)c2cc(=O)cc[nH]2)c(=O)c1=O)c1ccccc1. The molecule has 0 aliphatic carbocycles. The quantitative estimate of drug-likeness (QED) is 0.496. The molecule has 0 aliphatic rings. The van der Waals surface area contributed by atoms with E-state index in [9.17, 15) is 14.4 Å². The number of hydrogen-bond donors (Lipinski definition) is 2. The van der Waals surface area contributed by atoms with Crippen LogP contribution in [0.15, 0.2) is 93.4 Å². The summed E-state index contributed by atoms with van der Waals surface area (Å²) in [4.78, 5) is 41.5. The van der Waals surface area contributed by atoms with Crippen molar-refractivity contribution in [3.05, 3.63) is 115 Å². The fourth-order valence-corrected chi connectivity index (χ4v) is 3.30. The minimum absolute atomic E-state index is 0.175. The third-order valence-corrected chi connectivity index (χ3v) is 4.78. The van der Waals surface area contributed by atoms with Crippen LogP contribution < -0.4 is 26.5 Å². The van der Waals surface area contributed by atoms with Gasteiger partial charge in [-0.3, -0.25) is 19.3 Å². The summed E-state index contributed by atoms with van der Waals surface area (Å²) in [6.45, 7) is 1.92. The van der Waals surface area contributed by atoms with Gasteiger partial charge in [-0.05, 0) is 24.6 Å². The van der Waals surface area contributed by atoms with Crippen LogP contribution in [-0.2, 0) is 0 Å². The lowest BCUT2D eigenvalue weighted by molar-refractivity contribution is 0.878. The average Bonchev–Trinajstić information content (AvgIpc) is 2.77. The topological polar surface area (TPSA) is 82.3 Å². The average molecular weight is 385 g/mol. The Kier molecular flexibility index (Phi) is 4.83. The predicted octanol–water partition coefficient (Wildman–Crippen LogP) is 3.61. The molecule has 6 nitrogen and oxygen atoms in total. The number of H-pyrrole nitrogens is 1. The Labute approximate surface area is 166 Å². The number of pyridine rings is 1. The molecule has 0 bridgehead atoms. The second kappa shape index (κ2) is 7.59. The summed E-state index contributed by atoms with van der Waals surface area (Å²) in [5, 5.41) is 3.17. The van der Waals surface area contributed by atoms with Crippen LogP contribution in [0.4, 0.5) is 22.9 Å². The minimum Gasteiger partial charge on any atom is -0.373 e. The maximum Gasteiger partial charge on any atom is 0.254 e. The van der Waals surface area contributed by atoms with Crippen molar-refractivity contribution in [3.8, 4) is 0 Å². The molecule has 0 fully saturated rings. The zero-order valence-electron chi connectivity index (χ0n) is 15.8. The van der Waals surface area contributed by atoms with Crippen molar-refractivity contribution >= 4 is 22.9 Å². The predicted molar refractivity (Wildman–Crippen MR) is 115 cm³/mol. The van der Waals surface area contributed by atoms with Gasteiger partial charge in [0.05, 0.1) is 0 Å².